The van der Waals surface area contributed by atoms with Gasteiger partial charge in [-0.2, -0.15) is 0 Å². The van der Waals surface area contributed by atoms with E-state index in [0.29, 0.717) is 18.7 Å². The summed E-state index contributed by atoms with van der Waals surface area (Å²) in [5, 5.41) is 0. The molecule has 5 nitrogen and oxygen atoms in total. The van der Waals surface area contributed by atoms with Gasteiger partial charge in [-0.3, -0.25) is 4.79 Å². The molecule has 0 atom stereocenters. The molecule has 0 aromatic heterocycles. The molecule has 3 rings (SSSR count). The molecule has 0 radical (unpaired) electrons. The molecule has 1 amide bonds. The van der Waals surface area contributed by atoms with Crippen LogP contribution in [0.25, 0.3) is 0 Å². The first-order chi connectivity index (χ1) is 13.2. The number of carbonyl (C=O) groups is 1. The Balaban J connectivity index is 1.49. The van der Waals surface area contributed by atoms with E-state index < -0.39 is 0 Å². The number of carbonyl (C=O) groups excluding carboxylic acids is 1. The van der Waals surface area contributed by atoms with Crippen LogP contribution in [0.1, 0.15) is 17.3 Å². The van der Waals surface area contributed by atoms with Crippen LogP contribution in [0.2, 0.25) is 0 Å². The Hall–Kier alpha value is -2.53. The Morgan fingerprint density at radius 2 is 1.67 bits per heavy atom. The molecule has 0 aliphatic carbocycles. The summed E-state index contributed by atoms with van der Waals surface area (Å²) < 4.78 is 5.67. The van der Waals surface area contributed by atoms with Crippen molar-refractivity contribution in [3.05, 3.63) is 60.2 Å². The summed E-state index contributed by atoms with van der Waals surface area (Å²) in [7, 11) is 1.81. The third kappa shape index (κ3) is 5.23. The fraction of sp³-hybridized carbons (Fsp3) is 0.409. The SMILES string of the molecule is CCN1CCN(c2ccc(C(=O)N(C)CCOc3ccccc3)cc2)CC1. The van der Waals surface area contributed by atoms with Crippen LogP contribution in [0.5, 0.6) is 5.75 Å². The van der Waals surface area contributed by atoms with Crippen molar-refractivity contribution in [2.45, 2.75) is 6.92 Å². The highest BCUT2D eigenvalue weighted by atomic mass is 16.5. The van der Waals surface area contributed by atoms with Crippen molar-refractivity contribution in [1.82, 2.24) is 9.80 Å². The lowest BCUT2D eigenvalue weighted by atomic mass is 10.1. The molecule has 27 heavy (non-hydrogen) atoms. The number of ether oxygens (including phenoxy) is 1. The van der Waals surface area contributed by atoms with Gasteiger partial charge in [-0.25, -0.2) is 0 Å². The lowest BCUT2D eigenvalue weighted by Gasteiger charge is -2.35. The van der Waals surface area contributed by atoms with Gasteiger partial charge in [0.25, 0.3) is 5.91 Å². The van der Waals surface area contributed by atoms with Crippen molar-refractivity contribution in [1.29, 1.82) is 0 Å². The smallest absolute Gasteiger partial charge is 0.253 e. The van der Waals surface area contributed by atoms with E-state index in [0.717, 1.165) is 38.5 Å². The number of rotatable bonds is 7. The highest BCUT2D eigenvalue weighted by Crippen LogP contribution is 2.18. The molecule has 5 heteroatoms. The first kappa shape index (κ1) is 19.2. The van der Waals surface area contributed by atoms with Crippen molar-refractivity contribution in [2.75, 3.05) is 57.8 Å². The average molecular weight is 367 g/mol. The van der Waals surface area contributed by atoms with E-state index in [1.54, 1.807) is 4.90 Å². The van der Waals surface area contributed by atoms with Crippen LogP contribution in [0.3, 0.4) is 0 Å². The number of para-hydroxylation sites is 1. The van der Waals surface area contributed by atoms with E-state index in [-0.39, 0.29) is 5.91 Å². The monoisotopic (exact) mass is 367 g/mol. The summed E-state index contributed by atoms with van der Waals surface area (Å²) >= 11 is 0. The van der Waals surface area contributed by atoms with E-state index in [2.05, 4.69) is 28.9 Å². The van der Waals surface area contributed by atoms with Gasteiger partial charge in [0.05, 0.1) is 6.54 Å². The molecule has 1 aliphatic rings. The molecule has 144 valence electrons. The quantitative estimate of drug-likeness (QED) is 0.754. The van der Waals surface area contributed by atoms with Gasteiger partial charge in [-0.05, 0) is 42.9 Å². The van der Waals surface area contributed by atoms with Crippen LogP contribution in [0.15, 0.2) is 54.6 Å². The zero-order valence-corrected chi connectivity index (χ0v) is 16.3. The Morgan fingerprint density at radius 3 is 2.30 bits per heavy atom. The molecular formula is C22H29N3O2. The predicted octanol–water partition coefficient (Wildman–Crippen LogP) is 2.98. The number of benzene rings is 2. The van der Waals surface area contributed by atoms with Crippen molar-refractivity contribution in [3.8, 4) is 5.75 Å². The molecule has 2 aromatic carbocycles. The Labute approximate surface area is 162 Å². The Bertz CT molecular complexity index is 710. The normalized spacial score (nSPS) is 14.8. The van der Waals surface area contributed by atoms with Crippen LogP contribution in [-0.2, 0) is 0 Å². The van der Waals surface area contributed by atoms with E-state index in [1.165, 1.54) is 5.69 Å². The first-order valence-electron chi connectivity index (χ1n) is 9.68. The zero-order valence-electron chi connectivity index (χ0n) is 16.3. The van der Waals surface area contributed by atoms with E-state index in [1.807, 2.05) is 49.5 Å². The molecule has 0 bridgehead atoms. The summed E-state index contributed by atoms with van der Waals surface area (Å²) in [6.07, 6.45) is 0. The lowest BCUT2D eigenvalue weighted by Crippen LogP contribution is -2.46. The van der Waals surface area contributed by atoms with Crippen molar-refractivity contribution in [2.24, 2.45) is 0 Å². The fourth-order valence-corrected chi connectivity index (χ4v) is 3.28. The van der Waals surface area contributed by atoms with Gasteiger partial charge in [-0.1, -0.05) is 25.1 Å². The maximum absolute atomic E-state index is 12.6. The summed E-state index contributed by atoms with van der Waals surface area (Å²) in [5.41, 5.74) is 1.91. The summed E-state index contributed by atoms with van der Waals surface area (Å²) in [6, 6.07) is 17.6. The van der Waals surface area contributed by atoms with Crippen LogP contribution >= 0.6 is 0 Å². The predicted molar refractivity (Wildman–Crippen MR) is 110 cm³/mol. The van der Waals surface area contributed by atoms with Gasteiger partial charge >= 0.3 is 0 Å². The number of likely N-dealkylation sites (N-methyl/N-ethyl adjacent to an activating group) is 2. The molecule has 0 saturated carbocycles. The maximum atomic E-state index is 12.6. The molecule has 1 heterocycles. The zero-order chi connectivity index (χ0) is 19.1. The number of piperazine rings is 1. The fourth-order valence-electron chi connectivity index (χ4n) is 3.28. The first-order valence-corrected chi connectivity index (χ1v) is 9.68. The number of anilines is 1. The molecule has 1 aliphatic heterocycles. The average Bonchev–Trinajstić information content (AvgIpc) is 2.74. The minimum Gasteiger partial charge on any atom is -0.492 e. The number of hydrogen-bond donors (Lipinski definition) is 0. The van der Waals surface area contributed by atoms with E-state index in [4.69, 9.17) is 4.74 Å². The molecule has 0 spiro atoms. The lowest BCUT2D eigenvalue weighted by molar-refractivity contribution is 0.0774. The van der Waals surface area contributed by atoms with Crippen LogP contribution in [0, 0.1) is 0 Å². The van der Waals surface area contributed by atoms with Crippen molar-refractivity contribution >= 4 is 11.6 Å². The third-order valence-corrected chi connectivity index (χ3v) is 5.08. The Kier molecular flexibility index (Phi) is 6.71. The molecular weight excluding hydrogens is 338 g/mol. The second-order valence-electron chi connectivity index (χ2n) is 6.86. The number of hydrogen-bond acceptors (Lipinski definition) is 4. The van der Waals surface area contributed by atoms with Crippen molar-refractivity contribution < 1.29 is 9.53 Å². The van der Waals surface area contributed by atoms with Crippen LogP contribution in [-0.4, -0.2) is 68.6 Å². The topological polar surface area (TPSA) is 36.0 Å². The number of amides is 1. The van der Waals surface area contributed by atoms with Gasteiger partial charge in [0.2, 0.25) is 0 Å². The molecule has 0 unspecified atom stereocenters. The minimum atomic E-state index is 0.0222. The molecule has 2 aromatic rings. The molecule has 0 N–H and O–H groups in total. The van der Waals surface area contributed by atoms with E-state index >= 15 is 0 Å². The number of nitrogens with zero attached hydrogens (tertiary/aromatic N) is 3. The third-order valence-electron chi connectivity index (χ3n) is 5.08. The van der Waals surface area contributed by atoms with Gasteiger partial charge < -0.3 is 19.4 Å². The summed E-state index contributed by atoms with van der Waals surface area (Å²) in [4.78, 5) is 19.2. The maximum Gasteiger partial charge on any atom is 0.253 e. The second-order valence-corrected chi connectivity index (χ2v) is 6.86. The van der Waals surface area contributed by atoms with Gasteiger partial charge in [-0.15, -0.1) is 0 Å². The molecule has 1 saturated heterocycles. The van der Waals surface area contributed by atoms with Crippen LogP contribution < -0.4 is 9.64 Å². The van der Waals surface area contributed by atoms with E-state index in [9.17, 15) is 4.79 Å². The Morgan fingerprint density at radius 1 is 1.00 bits per heavy atom. The van der Waals surface area contributed by atoms with Gasteiger partial charge in [0.1, 0.15) is 12.4 Å². The molecule has 1 fully saturated rings. The highest BCUT2D eigenvalue weighted by molar-refractivity contribution is 5.94. The minimum absolute atomic E-state index is 0.0222. The van der Waals surface area contributed by atoms with Crippen LogP contribution in [0.4, 0.5) is 5.69 Å². The second kappa shape index (κ2) is 9.42. The van der Waals surface area contributed by atoms with Crippen molar-refractivity contribution in [3.63, 3.8) is 0 Å². The standard InChI is InChI=1S/C22H29N3O2/c1-3-24-13-15-25(16-14-24)20-11-9-19(10-12-20)22(26)23(2)17-18-27-21-7-5-4-6-8-21/h4-12H,3,13-18H2,1-2H3. The highest BCUT2D eigenvalue weighted by Gasteiger charge is 2.17. The summed E-state index contributed by atoms with van der Waals surface area (Å²) in [5.74, 6) is 0.847. The largest absolute Gasteiger partial charge is 0.492 e. The van der Waals surface area contributed by atoms with Gasteiger partial charge in [0.15, 0.2) is 0 Å². The summed E-state index contributed by atoms with van der Waals surface area (Å²) in [6.45, 7) is 8.62. The van der Waals surface area contributed by atoms with Gasteiger partial charge in [0, 0.05) is 44.5 Å².